The van der Waals surface area contributed by atoms with Crippen LogP contribution in [0.15, 0.2) is 18.2 Å². The Labute approximate surface area is 186 Å². The molecule has 0 aromatic heterocycles. The van der Waals surface area contributed by atoms with E-state index in [4.69, 9.17) is 14.2 Å². The summed E-state index contributed by atoms with van der Waals surface area (Å²) in [4.78, 5) is 14.9. The number of nitrogens with one attached hydrogen (secondary N) is 1. The second kappa shape index (κ2) is 12.9. The van der Waals surface area contributed by atoms with Crippen LogP contribution in [-0.2, 0) is 9.53 Å². The molecule has 2 N–H and O–H groups in total. The summed E-state index contributed by atoms with van der Waals surface area (Å²) in [6.07, 6.45) is 6.54. The lowest BCUT2D eigenvalue weighted by Crippen LogP contribution is -2.49. The van der Waals surface area contributed by atoms with Gasteiger partial charge in [0.2, 0.25) is 5.91 Å². The van der Waals surface area contributed by atoms with Gasteiger partial charge in [-0.1, -0.05) is 45.1 Å². The molecule has 7 heteroatoms. The molecule has 0 radical (unpaired) electrons. The predicted octanol–water partition coefficient (Wildman–Crippen LogP) is 3.06. The van der Waals surface area contributed by atoms with Gasteiger partial charge in [-0.3, -0.25) is 9.69 Å². The zero-order valence-corrected chi connectivity index (χ0v) is 18.8. The molecule has 1 aromatic rings. The SMILES string of the molecule is CCCCCCCCC(=O)NC(CN1CCOCC1)C(O)c1ccc2c(c1)OCCO2. The van der Waals surface area contributed by atoms with Gasteiger partial charge in [0.15, 0.2) is 11.5 Å². The average Bonchev–Trinajstić information content (AvgIpc) is 2.81. The highest BCUT2D eigenvalue weighted by Crippen LogP contribution is 2.33. The Balaban J connectivity index is 1.59. The first-order valence-corrected chi connectivity index (χ1v) is 11.8. The Morgan fingerprint density at radius 1 is 1.03 bits per heavy atom. The molecule has 7 nitrogen and oxygen atoms in total. The molecule has 0 aliphatic carbocycles. The Morgan fingerprint density at radius 3 is 2.52 bits per heavy atom. The molecule has 1 saturated heterocycles. The molecule has 3 rings (SSSR count). The quantitative estimate of drug-likeness (QED) is 0.492. The molecule has 2 aliphatic rings. The number of rotatable bonds is 12. The van der Waals surface area contributed by atoms with E-state index >= 15 is 0 Å². The predicted molar refractivity (Wildman–Crippen MR) is 120 cm³/mol. The fourth-order valence-electron chi connectivity index (χ4n) is 4.11. The summed E-state index contributed by atoms with van der Waals surface area (Å²) >= 11 is 0. The van der Waals surface area contributed by atoms with Gasteiger partial charge in [-0.05, 0) is 24.1 Å². The fourth-order valence-corrected chi connectivity index (χ4v) is 4.11. The minimum atomic E-state index is -0.827. The molecule has 0 spiro atoms. The summed E-state index contributed by atoms with van der Waals surface area (Å²) in [6.45, 7) is 6.78. The third-order valence-corrected chi connectivity index (χ3v) is 5.95. The topological polar surface area (TPSA) is 80.3 Å². The van der Waals surface area contributed by atoms with E-state index in [1.807, 2.05) is 18.2 Å². The number of aliphatic hydroxyl groups excluding tert-OH is 1. The van der Waals surface area contributed by atoms with Crippen molar-refractivity contribution in [2.75, 3.05) is 46.1 Å². The third kappa shape index (κ3) is 7.66. The summed E-state index contributed by atoms with van der Waals surface area (Å²) in [6, 6.07) is 5.11. The van der Waals surface area contributed by atoms with Gasteiger partial charge in [-0.2, -0.15) is 0 Å². The van der Waals surface area contributed by atoms with Crippen molar-refractivity contribution >= 4 is 5.91 Å². The zero-order chi connectivity index (χ0) is 21.9. The van der Waals surface area contributed by atoms with Crippen molar-refractivity contribution in [3.05, 3.63) is 23.8 Å². The van der Waals surface area contributed by atoms with Gasteiger partial charge in [-0.15, -0.1) is 0 Å². The van der Waals surface area contributed by atoms with Crippen LogP contribution < -0.4 is 14.8 Å². The van der Waals surface area contributed by atoms with Crippen molar-refractivity contribution < 1.29 is 24.1 Å². The Morgan fingerprint density at radius 2 is 1.74 bits per heavy atom. The van der Waals surface area contributed by atoms with Gasteiger partial charge in [0.05, 0.1) is 19.3 Å². The first-order valence-electron chi connectivity index (χ1n) is 11.8. The highest BCUT2D eigenvalue weighted by atomic mass is 16.6. The number of ether oxygens (including phenoxy) is 3. The lowest BCUT2D eigenvalue weighted by Gasteiger charge is -2.33. The van der Waals surface area contributed by atoms with Crippen LogP contribution in [0.2, 0.25) is 0 Å². The molecule has 2 unspecified atom stereocenters. The summed E-state index contributed by atoms with van der Waals surface area (Å²) in [5.41, 5.74) is 0.724. The second-order valence-corrected chi connectivity index (χ2v) is 8.45. The molecule has 174 valence electrons. The third-order valence-electron chi connectivity index (χ3n) is 5.95. The van der Waals surface area contributed by atoms with Gasteiger partial charge in [-0.25, -0.2) is 0 Å². The average molecular weight is 435 g/mol. The highest BCUT2D eigenvalue weighted by molar-refractivity contribution is 5.76. The van der Waals surface area contributed by atoms with Crippen LogP contribution >= 0.6 is 0 Å². The van der Waals surface area contributed by atoms with Gasteiger partial charge in [0, 0.05) is 26.1 Å². The molecule has 2 atom stereocenters. The standard InChI is InChI=1S/C24H38N2O5/c1-2-3-4-5-6-7-8-23(27)25-20(18-26-11-13-29-14-12-26)24(28)19-9-10-21-22(17-19)31-16-15-30-21/h9-10,17,20,24,28H,2-8,11-16,18H2,1H3,(H,25,27). The monoisotopic (exact) mass is 434 g/mol. The minimum absolute atomic E-state index is 0.00495. The molecular formula is C24H38N2O5. The number of amides is 1. The molecular weight excluding hydrogens is 396 g/mol. The first-order chi connectivity index (χ1) is 15.2. The molecule has 0 saturated carbocycles. The number of carbonyl (C=O) groups excluding carboxylic acids is 1. The summed E-state index contributed by atoms with van der Waals surface area (Å²) in [5.74, 6) is 1.34. The van der Waals surface area contributed by atoms with E-state index in [9.17, 15) is 9.90 Å². The number of benzene rings is 1. The second-order valence-electron chi connectivity index (χ2n) is 8.45. The lowest BCUT2D eigenvalue weighted by atomic mass is 10.00. The van der Waals surface area contributed by atoms with Crippen LogP contribution in [0.4, 0.5) is 0 Å². The van der Waals surface area contributed by atoms with E-state index in [1.54, 1.807) is 0 Å². The number of hydrogen-bond donors (Lipinski definition) is 2. The maximum absolute atomic E-state index is 12.6. The number of fused-ring (bicyclic) bond motifs is 1. The fraction of sp³-hybridized carbons (Fsp3) is 0.708. The van der Waals surface area contributed by atoms with Crippen LogP contribution in [0.1, 0.15) is 63.5 Å². The Bertz CT molecular complexity index is 678. The number of morpholine rings is 1. The van der Waals surface area contributed by atoms with Gasteiger partial charge in [0.25, 0.3) is 0 Å². The van der Waals surface area contributed by atoms with E-state index in [1.165, 1.54) is 25.7 Å². The van der Waals surface area contributed by atoms with E-state index in [0.717, 1.165) is 31.5 Å². The molecule has 0 bridgehead atoms. The molecule has 2 aliphatic heterocycles. The van der Waals surface area contributed by atoms with E-state index in [0.29, 0.717) is 50.9 Å². The first kappa shape index (κ1) is 23.8. The maximum atomic E-state index is 12.6. The molecule has 1 fully saturated rings. The largest absolute Gasteiger partial charge is 0.486 e. The molecule has 1 amide bonds. The van der Waals surface area contributed by atoms with E-state index in [2.05, 4.69) is 17.1 Å². The maximum Gasteiger partial charge on any atom is 0.220 e. The Kier molecular flexibility index (Phi) is 9.90. The van der Waals surface area contributed by atoms with Crippen LogP contribution in [0, 0.1) is 0 Å². The summed E-state index contributed by atoms with van der Waals surface area (Å²) in [5, 5.41) is 14.3. The minimum Gasteiger partial charge on any atom is -0.486 e. The summed E-state index contributed by atoms with van der Waals surface area (Å²) in [7, 11) is 0. The van der Waals surface area contributed by atoms with Crippen molar-refractivity contribution in [1.29, 1.82) is 0 Å². The van der Waals surface area contributed by atoms with Gasteiger partial charge < -0.3 is 24.6 Å². The van der Waals surface area contributed by atoms with Crippen LogP contribution in [-0.4, -0.2) is 68.0 Å². The molecule has 31 heavy (non-hydrogen) atoms. The van der Waals surface area contributed by atoms with Crippen molar-refractivity contribution in [1.82, 2.24) is 10.2 Å². The van der Waals surface area contributed by atoms with Crippen molar-refractivity contribution in [3.8, 4) is 11.5 Å². The van der Waals surface area contributed by atoms with Gasteiger partial charge in [0.1, 0.15) is 19.3 Å². The zero-order valence-electron chi connectivity index (χ0n) is 18.8. The van der Waals surface area contributed by atoms with Crippen molar-refractivity contribution in [3.63, 3.8) is 0 Å². The van der Waals surface area contributed by atoms with Crippen LogP contribution in [0.25, 0.3) is 0 Å². The molecule has 2 heterocycles. The number of carbonyl (C=O) groups is 1. The lowest BCUT2D eigenvalue weighted by molar-refractivity contribution is -0.123. The van der Waals surface area contributed by atoms with Gasteiger partial charge >= 0.3 is 0 Å². The molecule has 1 aromatic carbocycles. The highest BCUT2D eigenvalue weighted by Gasteiger charge is 2.27. The van der Waals surface area contributed by atoms with Crippen molar-refractivity contribution in [2.45, 2.75) is 64.0 Å². The number of hydrogen-bond acceptors (Lipinski definition) is 6. The van der Waals surface area contributed by atoms with Crippen LogP contribution in [0.3, 0.4) is 0 Å². The van der Waals surface area contributed by atoms with Crippen molar-refractivity contribution in [2.24, 2.45) is 0 Å². The van der Waals surface area contributed by atoms with E-state index < -0.39 is 12.1 Å². The number of unbranched alkanes of at least 4 members (excludes halogenated alkanes) is 5. The van der Waals surface area contributed by atoms with Crippen LogP contribution in [0.5, 0.6) is 11.5 Å². The normalized spacial score (nSPS) is 18.4. The number of aliphatic hydroxyl groups is 1. The van der Waals surface area contributed by atoms with E-state index in [-0.39, 0.29) is 5.91 Å². The smallest absolute Gasteiger partial charge is 0.220 e. The number of nitrogens with zero attached hydrogens (tertiary/aromatic N) is 1. The summed E-state index contributed by atoms with van der Waals surface area (Å²) < 4.78 is 16.7. The Hall–Kier alpha value is -1.83.